The first-order valence-electron chi connectivity index (χ1n) is 12.0. The van der Waals surface area contributed by atoms with E-state index in [2.05, 4.69) is 16.8 Å². The number of aromatic nitrogens is 1. The number of pyridine rings is 1. The standard InChI is InChI=1S/C28H30FN3O3/c1-18-22-14-27(35-3)26(34-2)13-19(22)10-12-32(18)28(33)25-15-24-21(8-6-11-30-24)17-31(25)16-20-7-4-5-9-23(20)29/h4-9,11,13-14,18,25H,10,12,15-17H2,1-3H3/t18-,25?/m1/s1. The van der Waals surface area contributed by atoms with E-state index in [0.717, 1.165) is 28.8 Å². The number of halogens is 1. The van der Waals surface area contributed by atoms with Gasteiger partial charge in [-0.1, -0.05) is 24.3 Å². The monoisotopic (exact) mass is 475 g/mol. The third-order valence-electron chi connectivity index (χ3n) is 7.27. The first-order chi connectivity index (χ1) is 17.0. The number of ether oxygens (including phenoxy) is 2. The van der Waals surface area contributed by atoms with Gasteiger partial charge in [-0.3, -0.25) is 14.7 Å². The fourth-order valence-corrected chi connectivity index (χ4v) is 5.33. The van der Waals surface area contributed by atoms with Crippen molar-refractivity contribution in [1.29, 1.82) is 0 Å². The Balaban J connectivity index is 1.46. The Bertz CT molecular complexity index is 1250. The van der Waals surface area contributed by atoms with E-state index in [1.165, 1.54) is 6.07 Å². The highest BCUT2D eigenvalue weighted by Crippen LogP contribution is 2.39. The lowest BCUT2D eigenvalue weighted by molar-refractivity contribution is -0.140. The molecule has 0 saturated carbocycles. The fraction of sp³-hybridized carbons (Fsp3) is 0.357. The van der Waals surface area contributed by atoms with E-state index in [1.54, 1.807) is 32.5 Å². The second-order valence-electron chi connectivity index (χ2n) is 9.19. The molecule has 7 heteroatoms. The Morgan fingerprint density at radius 1 is 1.09 bits per heavy atom. The Hall–Kier alpha value is -3.45. The first kappa shape index (κ1) is 23.3. The van der Waals surface area contributed by atoms with Crippen molar-refractivity contribution in [1.82, 2.24) is 14.8 Å². The molecule has 0 fully saturated rings. The molecule has 3 heterocycles. The van der Waals surface area contributed by atoms with E-state index in [0.29, 0.717) is 43.1 Å². The van der Waals surface area contributed by atoms with Crippen LogP contribution in [-0.4, -0.2) is 47.5 Å². The van der Waals surface area contributed by atoms with Crippen LogP contribution in [-0.2, 0) is 30.7 Å². The summed E-state index contributed by atoms with van der Waals surface area (Å²) in [5, 5.41) is 0. The van der Waals surface area contributed by atoms with Gasteiger partial charge in [0.1, 0.15) is 5.82 Å². The van der Waals surface area contributed by atoms with E-state index in [9.17, 15) is 9.18 Å². The minimum Gasteiger partial charge on any atom is -0.493 e. The molecule has 2 aromatic carbocycles. The molecule has 0 radical (unpaired) electrons. The summed E-state index contributed by atoms with van der Waals surface area (Å²) >= 11 is 0. The molecule has 35 heavy (non-hydrogen) atoms. The van der Waals surface area contributed by atoms with E-state index >= 15 is 0 Å². The molecule has 6 nitrogen and oxygen atoms in total. The highest BCUT2D eigenvalue weighted by molar-refractivity contribution is 5.83. The van der Waals surface area contributed by atoms with Crippen molar-refractivity contribution < 1.29 is 18.7 Å². The van der Waals surface area contributed by atoms with Gasteiger partial charge in [-0.2, -0.15) is 0 Å². The number of amides is 1. The quantitative estimate of drug-likeness (QED) is 0.551. The van der Waals surface area contributed by atoms with Crippen molar-refractivity contribution >= 4 is 5.91 Å². The molecular weight excluding hydrogens is 445 g/mol. The lowest BCUT2D eigenvalue weighted by Gasteiger charge is -2.42. The summed E-state index contributed by atoms with van der Waals surface area (Å²) in [4.78, 5) is 22.6. The van der Waals surface area contributed by atoms with Gasteiger partial charge in [0, 0.05) is 43.5 Å². The fourth-order valence-electron chi connectivity index (χ4n) is 5.33. The van der Waals surface area contributed by atoms with Crippen molar-refractivity contribution in [3.8, 4) is 11.5 Å². The van der Waals surface area contributed by atoms with Gasteiger partial charge in [-0.05, 0) is 54.3 Å². The van der Waals surface area contributed by atoms with Crippen LogP contribution in [0.4, 0.5) is 4.39 Å². The van der Waals surface area contributed by atoms with Gasteiger partial charge in [-0.15, -0.1) is 0 Å². The van der Waals surface area contributed by atoms with Gasteiger partial charge in [0.15, 0.2) is 11.5 Å². The maximum Gasteiger partial charge on any atom is 0.240 e. The highest BCUT2D eigenvalue weighted by Gasteiger charge is 2.38. The number of benzene rings is 2. The smallest absolute Gasteiger partial charge is 0.240 e. The third kappa shape index (κ3) is 4.36. The average molecular weight is 476 g/mol. The van der Waals surface area contributed by atoms with Crippen LogP contribution in [0.3, 0.4) is 0 Å². The molecule has 0 spiro atoms. The summed E-state index contributed by atoms with van der Waals surface area (Å²) < 4.78 is 25.5. The van der Waals surface area contributed by atoms with Crippen molar-refractivity contribution in [2.75, 3.05) is 20.8 Å². The van der Waals surface area contributed by atoms with Gasteiger partial charge >= 0.3 is 0 Å². The number of rotatable bonds is 5. The van der Waals surface area contributed by atoms with Crippen LogP contribution in [0.2, 0.25) is 0 Å². The van der Waals surface area contributed by atoms with Crippen molar-refractivity contribution in [3.05, 3.63) is 88.5 Å². The molecule has 1 amide bonds. The molecule has 2 aliphatic heterocycles. The van der Waals surface area contributed by atoms with Gasteiger partial charge < -0.3 is 14.4 Å². The average Bonchev–Trinajstić information content (AvgIpc) is 2.88. The van der Waals surface area contributed by atoms with Gasteiger partial charge in [0.25, 0.3) is 0 Å². The van der Waals surface area contributed by atoms with Crippen molar-refractivity contribution in [2.24, 2.45) is 0 Å². The van der Waals surface area contributed by atoms with Crippen LogP contribution < -0.4 is 9.47 Å². The number of nitrogens with zero attached hydrogens (tertiary/aromatic N) is 3. The first-order valence-corrected chi connectivity index (χ1v) is 12.0. The SMILES string of the molecule is COc1cc2c(cc1OC)[C@@H](C)N(C(=O)C1Cc3ncccc3CN1Cc1ccccc1F)CC2. The summed E-state index contributed by atoms with van der Waals surface area (Å²) in [5.41, 5.74) is 4.84. The number of hydrogen-bond acceptors (Lipinski definition) is 5. The van der Waals surface area contributed by atoms with Crippen LogP contribution in [0.1, 0.15) is 40.9 Å². The maximum atomic E-state index is 14.5. The van der Waals surface area contributed by atoms with Gasteiger partial charge in [0.2, 0.25) is 5.91 Å². The molecule has 1 unspecified atom stereocenters. The van der Waals surface area contributed by atoms with E-state index in [1.807, 2.05) is 35.2 Å². The largest absolute Gasteiger partial charge is 0.493 e. The molecule has 0 bridgehead atoms. The molecule has 182 valence electrons. The predicted molar refractivity (Wildman–Crippen MR) is 131 cm³/mol. The molecular formula is C28H30FN3O3. The third-order valence-corrected chi connectivity index (χ3v) is 7.27. The Kier molecular flexibility index (Phi) is 6.43. The molecule has 1 aromatic heterocycles. The van der Waals surface area contributed by atoms with E-state index in [4.69, 9.17) is 9.47 Å². The number of methoxy groups -OCH3 is 2. The summed E-state index contributed by atoms with van der Waals surface area (Å²) in [5.74, 6) is 1.15. The molecule has 5 rings (SSSR count). The van der Waals surface area contributed by atoms with Crippen LogP contribution >= 0.6 is 0 Å². The number of carbonyl (C=O) groups excluding carboxylic acids is 1. The number of carbonyl (C=O) groups is 1. The second kappa shape index (κ2) is 9.66. The normalized spacial score (nSPS) is 19.6. The summed E-state index contributed by atoms with van der Waals surface area (Å²) in [6.45, 7) is 3.58. The minimum atomic E-state index is -0.416. The number of fused-ring (bicyclic) bond motifs is 2. The Morgan fingerprint density at radius 3 is 2.63 bits per heavy atom. The molecule has 0 saturated heterocycles. The number of hydrogen-bond donors (Lipinski definition) is 0. The Labute approximate surface area is 205 Å². The highest BCUT2D eigenvalue weighted by atomic mass is 19.1. The minimum absolute atomic E-state index is 0.0468. The van der Waals surface area contributed by atoms with Crippen LogP contribution in [0.15, 0.2) is 54.7 Å². The lowest BCUT2D eigenvalue weighted by atomic mass is 9.90. The second-order valence-corrected chi connectivity index (χ2v) is 9.19. The van der Waals surface area contributed by atoms with E-state index < -0.39 is 6.04 Å². The molecule has 0 N–H and O–H groups in total. The van der Waals surface area contributed by atoms with Gasteiger partial charge in [0.05, 0.1) is 26.3 Å². The summed E-state index contributed by atoms with van der Waals surface area (Å²) in [6, 6.07) is 14.2. The van der Waals surface area contributed by atoms with Crippen molar-refractivity contribution in [3.63, 3.8) is 0 Å². The zero-order valence-electron chi connectivity index (χ0n) is 20.3. The summed E-state index contributed by atoms with van der Waals surface area (Å²) in [6.07, 6.45) is 3.01. The van der Waals surface area contributed by atoms with Crippen LogP contribution in [0.25, 0.3) is 0 Å². The zero-order chi connectivity index (χ0) is 24.5. The maximum absolute atomic E-state index is 14.5. The molecule has 0 aliphatic carbocycles. The molecule has 3 aromatic rings. The topological polar surface area (TPSA) is 54.9 Å². The summed E-state index contributed by atoms with van der Waals surface area (Å²) in [7, 11) is 3.25. The zero-order valence-corrected chi connectivity index (χ0v) is 20.3. The van der Waals surface area contributed by atoms with Crippen molar-refractivity contribution in [2.45, 2.75) is 44.9 Å². The predicted octanol–water partition coefficient (Wildman–Crippen LogP) is 4.31. The van der Waals surface area contributed by atoms with E-state index in [-0.39, 0.29) is 17.8 Å². The molecule has 2 atom stereocenters. The van der Waals surface area contributed by atoms with Crippen LogP contribution in [0, 0.1) is 5.82 Å². The van der Waals surface area contributed by atoms with Crippen LogP contribution in [0.5, 0.6) is 11.5 Å². The lowest BCUT2D eigenvalue weighted by Crippen LogP contribution is -2.53. The Morgan fingerprint density at radius 2 is 1.86 bits per heavy atom. The van der Waals surface area contributed by atoms with Gasteiger partial charge in [-0.25, -0.2) is 4.39 Å². The molecule has 2 aliphatic rings.